The highest BCUT2D eigenvalue weighted by molar-refractivity contribution is 14.0. The van der Waals surface area contributed by atoms with E-state index in [1.54, 1.807) is 0 Å². The Labute approximate surface area is 198 Å². The second-order valence-corrected chi connectivity index (χ2v) is 8.45. The monoisotopic (exact) mass is 519 g/mol. The van der Waals surface area contributed by atoms with Crippen LogP contribution in [0.2, 0.25) is 0 Å². The molecular weight excluding hydrogens is 485 g/mol. The molecule has 0 bridgehead atoms. The van der Waals surface area contributed by atoms with Crippen LogP contribution in [0.3, 0.4) is 0 Å². The summed E-state index contributed by atoms with van der Waals surface area (Å²) in [5.41, 5.74) is 4.37. The van der Waals surface area contributed by atoms with Crippen LogP contribution < -0.4 is 5.32 Å². The number of benzene rings is 2. The fourth-order valence-corrected chi connectivity index (χ4v) is 5.00. The van der Waals surface area contributed by atoms with Gasteiger partial charge in [-0.2, -0.15) is 0 Å². The molecule has 4 nitrogen and oxygen atoms in total. The number of aliphatic imine (C=N–C) groups is 1. The van der Waals surface area contributed by atoms with Gasteiger partial charge in [0.1, 0.15) is 0 Å². The molecule has 2 aliphatic rings. The number of ether oxygens (including phenoxy) is 1. The van der Waals surface area contributed by atoms with E-state index in [1.165, 1.54) is 23.1 Å². The normalized spacial score (nSPS) is 21.2. The average Bonchev–Trinajstić information content (AvgIpc) is 3.26. The summed E-state index contributed by atoms with van der Waals surface area (Å²) < 4.78 is 5.71. The van der Waals surface area contributed by atoms with Crippen molar-refractivity contribution >= 4 is 29.9 Å². The third kappa shape index (κ3) is 4.99. The molecule has 2 aliphatic heterocycles. The third-order valence-corrected chi connectivity index (χ3v) is 6.72. The number of nitrogens with zero attached hydrogens (tertiary/aromatic N) is 2. The molecule has 2 aromatic carbocycles. The average molecular weight is 519 g/mol. The van der Waals surface area contributed by atoms with Crippen LogP contribution in [0, 0.1) is 6.92 Å². The first kappa shape index (κ1) is 23.1. The molecule has 1 unspecified atom stereocenters. The molecular formula is C25H34IN3O. The molecule has 1 atom stereocenters. The molecule has 0 spiro atoms. The van der Waals surface area contributed by atoms with E-state index >= 15 is 0 Å². The van der Waals surface area contributed by atoms with Crippen LogP contribution in [0.5, 0.6) is 0 Å². The van der Waals surface area contributed by atoms with E-state index in [1.807, 2.05) is 7.05 Å². The number of likely N-dealkylation sites (tertiary alicyclic amines) is 1. The highest BCUT2D eigenvalue weighted by Gasteiger charge is 2.36. The van der Waals surface area contributed by atoms with Gasteiger partial charge >= 0.3 is 0 Å². The van der Waals surface area contributed by atoms with Crippen molar-refractivity contribution in [3.63, 3.8) is 0 Å². The van der Waals surface area contributed by atoms with Gasteiger partial charge in [-0.15, -0.1) is 24.0 Å². The number of halogens is 1. The van der Waals surface area contributed by atoms with Gasteiger partial charge in [-0.1, -0.05) is 54.6 Å². The first-order valence-electron chi connectivity index (χ1n) is 10.9. The van der Waals surface area contributed by atoms with Gasteiger partial charge in [0, 0.05) is 51.2 Å². The lowest BCUT2D eigenvalue weighted by atomic mass is 9.72. The van der Waals surface area contributed by atoms with Gasteiger partial charge in [-0.3, -0.25) is 4.99 Å². The van der Waals surface area contributed by atoms with Gasteiger partial charge in [0.2, 0.25) is 0 Å². The van der Waals surface area contributed by atoms with Crippen molar-refractivity contribution in [2.24, 2.45) is 4.99 Å². The standard InChI is InChI=1S/C25H33N3O.HI/c1-20-8-6-7-11-23(20)25(13-16-29-17-14-25)19-27-24(26-2)28-15-12-22(18-28)21-9-4-3-5-10-21;/h3-11,22H,12-19H2,1-2H3,(H,26,27);1H. The minimum absolute atomic E-state index is 0. The van der Waals surface area contributed by atoms with Gasteiger partial charge in [0.25, 0.3) is 0 Å². The Morgan fingerprint density at radius 3 is 2.50 bits per heavy atom. The summed E-state index contributed by atoms with van der Waals surface area (Å²) in [4.78, 5) is 7.05. The highest BCUT2D eigenvalue weighted by Crippen LogP contribution is 2.36. The third-order valence-electron chi connectivity index (χ3n) is 6.72. The van der Waals surface area contributed by atoms with Crippen LogP contribution in [-0.4, -0.2) is 50.8 Å². The fraction of sp³-hybridized carbons (Fsp3) is 0.480. The topological polar surface area (TPSA) is 36.9 Å². The molecule has 0 radical (unpaired) electrons. The maximum Gasteiger partial charge on any atom is 0.193 e. The Kier molecular flexibility index (Phi) is 8.17. The van der Waals surface area contributed by atoms with E-state index in [4.69, 9.17) is 4.74 Å². The van der Waals surface area contributed by atoms with Crippen LogP contribution in [0.15, 0.2) is 59.6 Å². The number of hydrogen-bond acceptors (Lipinski definition) is 2. The van der Waals surface area contributed by atoms with Gasteiger partial charge in [-0.05, 0) is 42.9 Å². The molecule has 1 N–H and O–H groups in total. The SMILES string of the molecule is CN=C(NCC1(c2ccccc2C)CCOCC1)N1CCC(c2ccccc2)C1.I. The number of nitrogens with one attached hydrogen (secondary N) is 1. The van der Waals surface area contributed by atoms with Crippen molar-refractivity contribution in [3.8, 4) is 0 Å². The minimum Gasteiger partial charge on any atom is -0.381 e. The predicted octanol–water partition coefficient (Wildman–Crippen LogP) is 4.73. The van der Waals surface area contributed by atoms with Crippen molar-refractivity contribution in [2.45, 2.75) is 37.5 Å². The Balaban J connectivity index is 0.00000256. The number of guanidine groups is 1. The van der Waals surface area contributed by atoms with Crippen molar-refractivity contribution in [2.75, 3.05) is 39.9 Å². The molecule has 0 amide bonds. The van der Waals surface area contributed by atoms with E-state index in [0.29, 0.717) is 5.92 Å². The quantitative estimate of drug-likeness (QED) is 0.361. The fourth-order valence-electron chi connectivity index (χ4n) is 5.00. The van der Waals surface area contributed by atoms with Crippen LogP contribution in [0.1, 0.15) is 41.9 Å². The first-order valence-corrected chi connectivity index (χ1v) is 10.9. The van der Waals surface area contributed by atoms with E-state index in [0.717, 1.165) is 51.6 Å². The van der Waals surface area contributed by atoms with E-state index < -0.39 is 0 Å². The molecule has 2 saturated heterocycles. The molecule has 0 aromatic heterocycles. The number of hydrogen-bond donors (Lipinski definition) is 1. The maximum absolute atomic E-state index is 5.71. The zero-order chi connectivity index (χ0) is 20.1. The molecule has 0 aliphatic carbocycles. The second kappa shape index (κ2) is 10.6. The van der Waals surface area contributed by atoms with E-state index in [-0.39, 0.29) is 29.4 Å². The predicted molar refractivity (Wildman–Crippen MR) is 135 cm³/mol. The molecule has 0 saturated carbocycles. The number of aryl methyl sites for hydroxylation is 1. The lowest BCUT2D eigenvalue weighted by Gasteiger charge is -2.39. The minimum atomic E-state index is 0. The highest BCUT2D eigenvalue weighted by atomic mass is 127. The molecule has 30 heavy (non-hydrogen) atoms. The van der Waals surface area contributed by atoms with E-state index in [2.05, 4.69) is 76.7 Å². The van der Waals surface area contributed by atoms with Crippen molar-refractivity contribution < 1.29 is 4.74 Å². The summed E-state index contributed by atoms with van der Waals surface area (Å²) in [6.07, 6.45) is 3.28. The summed E-state index contributed by atoms with van der Waals surface area (Å²) >= 11 is 0. The Morgan fingerprint density at radius 2 is 1.80 bits per heavy atom. The zero-order valence-corrected chi connectivity index (χ0v) is 20.5. The van der Waals surface area contributed by atoms with Gasteiger partial charge in [0.15, 0.2) is 5.96 Å². The van der Waals surface area contributed by atoms with Crippen molar-refractivity contribution in [1.82, 2.24) is 10.2 Å². The summed E-state index contributed by atoms with van der Waals surface area (Å²) in [5.74, 6) is 1.62. The summed E-state index contributed by atoms with van der Waals surface area (Å²) in [6, 6.07) is 19.7. The zero-order valence-electron chi connectivity index (χ0n) is 18.1. The molecule has 162 valence electrons. The Bertz CT molecular complexity index is 833. The van der Waals surface area contributed by atoms with Crippen molar-refractivity contribution in [3.05, 3.63) is 71.3 Å². The smallest absolute Gasteiger partial charge is 0.193 e. The Morgan fingerprint density at radius 1 is 1.10 bits per heavy atom. The van der Waals surface area contributed by atoms with Crippen LogP contribution >= 0.6 is 24.0 Å². The Hall–Kier alpha value is -1.60. The molecule has 4 rings (SSSR count). The van der Waals surface area contributed by atoms with Crippen LogP contribution in [0.25, 0.3) is 0 Å². The summed E-state index contributed by atoms with van der Waals surface area (Å²) in [5, 5.41) is 3.74. The lowest BCUT2D eigenvalue weighted by molar-refractivity contribution is 0.0510. The van der Waals surface area contributed by atoms with E-state index in [9.17, 15) is 0 Å². The van der Waals surface area contributed by atoms with Gasteiger partial charge in [-0.25, -0.2) is 0 Å². The van der Waals surface area contributed by atoms with Gasteiger partial charge in [0.05, 0.1) is 0 Å². The molecule has 2 fully saturated rings. The van der Waals surface area contributed by atoms with Crippen molar-refractivity contribution in [1.29, 1.82) is 0 Å². The maximum atomic E-state index is 5.71. The van der Waals surface area contributed by atoms with Crippen LogP contribution in [0.4, 0.5) is 0 Å². The molecule has 2 aromatic rings. The number of rotatable bonds is 4. The van der Waals surface area contributed by atoms with Crippen LogP contribution in [-0.2, 0) is 10.2 Å². The van der Waals surface area contributed by atoms with Gasteiger partial charge < -0.3 is 15.0 Å². The first-order chi connectivity index (χ1) is 14.2. The lowest BCUT2D eigenvalue weighted by Crippen LogP contribution is -2.49. The molecule has 2 heterocycles. The summed E-state index contributed by atoms with van der Waals surface area (Å²) in [6.45, 7) is 6.87. The summed E-state index contributed by atoms with van der Waals surface area (Å²) in [7, 11) is 1.91. The molecule has 5 heteroatoms. The largest absolute Gasteiger partial charge is 0.381 e. The second-order valence-electron chi connectivity index (χ2n) is 8.45.